The van der Waals surface area contributed by atoms with Gasteiger partial charge in [0.25, 0.3) is 0 Å². The summed E-state index contributed by atoms with van der Waals surface area (Å²) in [6, 6.07) is 0. The van der Waals surface area contributed by atoms with Crippen molar-refractivity contribution in [2.75, 3.05) is 39.3 Å². The van der Waals surface area contributed by atoms with Crippen LogP contribution in [0, 0.1) is 0 Å². The van der Waals surface area contributed by atoms with Crippen LogP contribution in [0.2, 0.25) is 0 Å². The Kier molecular flexibility index (Phi) is 11.5. The van der Waals surface area contributed by atoms with E-state index in [9.17, 15) is 4.79 Å². The lowest BCUT2D eigenvalue weighted by atomic mass is 9.81. The second-order valence-electron chi connectivity index (χ2n) is 6.78. The highest BCUT2D eigenvalue weighted by atomic mass is 35.5. The van der Waals surface area contributed by atoms with Crippen LogP contribution < -0.4 is 5.73 Å². The fourth-order valence-electron chi connectivity index (χ4n) is 3.65. The Labute approximate surface area is 159 Å². The molecular formula is C17H35Cl2N3O2. The van der Waals surface area contributed by atoms with Gasteiger partial charge >= 0.3 is 0 Å². The van der Waals surface area contributed by atoms with Crippen molar-refractivity contribution in [1.82, 2.24) is 9.80 Å². The molecule has 0 aromatic heterocycles. The van der Waals surface area contributed by atoms with Crippen LogP contribution >= 0.6 is 24.8 Å². The Bertz CT molecular complexity index is 362. The summed E-state index contributed by atoms with van der Waals surface area (Å²) >= 11 is 0. The molecule has 1 heterocycles. The highest BCUT2D eigenvalue weighted by Crippen LogP contribution is 2.29. The Balaban J connectivity index is 0.00000264. The molecule has 1 amide bonds. The molecule has 1 aliphatic heterocycles. The number of carbonyl (C=O) groups excluding carboxylic acids is 1. The fourth-order valence-corrected chi connectivity index (χ4v) is 3.65. The molecule has 1 saturated carbocycles. The quantitative estimate of drug-likeness (QED) is 0.733. The van der Waals surface area contributed by atoms with Gasteiger partial charge in [0.1, 0.15) is 0 Å². The van der Waals surface area contributed by atoms with Gasteiger partial charge in [-0.1, -0.05) is 33.1 Å². The van der Waals surface area contributed by atoms with Crippen molar-refractivity contribution in [3.63, 3.8) is 0 Å². The van der Waals surface area contributed by atoms with Crippen LogP contribution in [-0.2, 0) is 9.53 Å². The first-order valence-corrected chi connectivity index (χ1v) is 9.01. The normalized spacial score (nSPS) is 22.8. The maximum atomic E-state index is 12.7. The molecule has 2 N–H and O–H groups in total. The molecule has 5 nitrogen and oxygen atoms in total. The number of hydrogen-bond acceptors (Lipinski definition) is 4. The molecule has 0 radical (unpaired) electrons. The number of hydrogen-bond donors (Lipinski definition) is 1. The number of nitrogens with two attached hydrogens (primary N) is 1. The van der Waals surface area contributed by atoms with Gasteiger partial charge in [0, 0.05) is 19.6 Å². The van der Waals surface area contributed by atoms with Gasteiger partial charge in [0.15, 0.2) is 0 Å². The topological polar surface area (TPSA) is 58.8 Å². The Hall–Kier alpha value is -0.0700. The highest BCUT2D eigenvalue weighted by Gasteiger charge is 2.40. The maximum absolute atomic E-state index is 12.7. The van der Waals surface area contributed by atoms with Crippen molar-refractivity contribution in [3.05, 3.63) is 0 Å². The second-order valence-corrected chi connectivity index (χ2v) is 6.78. The predicted octanol–water partition coefficient (Wildman–Crippen LogP) is 2.45. The van der Waals surface area contributed by atoms with E-state index in [0.29, 0.717) is 0 Å². The Morgan fingerprint density at radius 3 is 2.42 bits per heavy atom. The number of rotatable bonds is 7. The van der Waals surface area contributed by atoms with Crippen LogP contribution in [0.3, 0.4) is 0 Å². The molecule has 0 spiro atoms. The van der Waals surface area contributed by atoms with E-state index in [-0.39, 0.29) is 36.8 Å². The van der Waals surface area contributed by atoms with E-state index in [4.69, 9.17) is 10.5 Å². The molecule has 1 atom stereocenters. The van der Waals surface area contributed by atoms with E-state index in [2.05, 4.69) is 18.7 Å². The standard InChI is InChI=1S/C17H33N3O2.2ClH/c1-3-19(4-2)12-13-22-15-8-11-20(14-15)16(21)17(18)9-6-5-7-10-17;;/h15H,3-14,18H2,1-2H3;2*1H. The van der Waals surface area contributed by atoms with Crippen LogP contribution in [0.5, 0.6) is 0 Å². The van der Waals surface area contributed by atoms with E-state index in [1.54, 1.807) is 0 Å². The van der Waals surface area contributed by atoms with Crippen LogP contribution in [0.1, 0.15) is 52.4 Å². The lowest BCUT2D eigenvalue weighted by molar-refractivity contribution is -0.137. The first-order valence-electron chi connectivity index (χ1n) is 9.01. The van der Waals surface area contributed by atoms with Gasteiger partial charge in [-0.15, -0.1) is 24.8 Å². The van der Waals surface area contributed by atoms with E-state index >= 15 is 0 Å². The number of carbonyl (C=O) groups is 1. The third kappa shape index (κ3) is 6.34. The summed E-state index contributed by atoms with van der Waals surface area (Å²) in [5, 5.41) is 0. The molecular weight excluding hydrogens is 349 g/mol. The average molecular weight is 384 g/mol. The average Bonchev–Trinajstić information content (AvgIpc) is 3.00. The largest absolute Gasteiger partial charge is 0.375 e. The smallest absolute Gasteiger partial charge is 0.242 e. The first kappa shape index (κ1) is 23.9. The third-order valence-corrected chi connectivity index (χ3v) is 5.26. The van der Waals surface area contributed by atoms with Crippen LogP contribution in [-0.4, -0.2) is 66.7 Å². The summed E-state index contributed by atoms with van der Waals surface area (Å²) in [4.78, 5) is 17.0. The van der Waals surface area contributed by atoms with Gasteiger partial charge in [-0.05, 0) is 32.4 Å². The molecule has 2 rings (SSSR count). The summed E-state index contributed by atoms with van der Waals surface area (Å²) in [7, 11) is 0. The van der Waals surface area contributed by atoms with E-state index < -0.39 is 5.54 Å². The SMILES string of the molecule is CCN(CC)CCOC1CCN(C(=O)C2(N)CCCCC2)C1.Cl.Cl. The summed E-state index contributed by atoms with van der Waals surface area (Å²) in [5.74, 6) is 0.155. The maximum Gasteiger partial charge on any atom is 0.242 e. The minimum Gasteiger partial charge on any atom is -0.375 e. The summed E-state index contributed by atoms with van der Waals surface area (Å²) in [6.07, 6.45) is 6.20. The number of likely N-dealkylation sites (tertiary alicyclic amines) is 1. The summed E-state index contributed by atoms with van der Waals surface area (Å²) in [6.45, 7) is 9.70. The Morgan fingerprint density at radius 1 is 1.21 bits per heavy atom. The number of ether oxygens (including phenoxy) is 1. The monoisotopic (exact) mass is 383 g/mol. The van der Waals surface area contributed by atoms with Crippen molar-refractivity contribution in [2.24, 2.45) is 5.73 Å². The Morgan fingerprint density at radius 2 is 1.83 bits per heavy atom. The van der Waals surface area contributed by atoms with Gasteiger partial charge in [0.2, 0.25) is 5.91 Å². The van der Waals surface area contributed by atoms with Gasteiger partial charge < -0.3 is 20.3 Å². The zero-order valence-electron chi connectivity index (χ0n) is 15.2. The van der Waals surface area contributed by atoms with Crippen molar-refractivity contribution < 1.29 is 9.53 Å². The zero-order valence-corrected chi connectivity index (χ0v) is 16.8. The van der Waals surface area contributed by atoms with Crippen LogP contribution in [0.25, 0.3) is 0 Å². The molecule has 1 aliphatic carbocycles. The zero-order chi connectivity index (χ0) is 16.0. The van der Waals surface area contributed by atoms with Gasteiger partial charge in [-0.25, -0.2) is 0 Å². The van der Waals surface area contributed by atoms with Crippen LogP contribution in [0.4, 0.5) is 0 Å². The van der Waals surface area contributed by atoms with Crippen molar-refractivity contribution in [3.8, 4) is 0 Å². The van der Waals surface area contributed by atoms with E-state index in [0.717, 1.165) is 71.4 Å². The summed E-state index contributed by atoms with van der Waals surface area (Å²) < 4.78 is 5.96. The highest BCUT2D eigenvalue weighted by molar-refractivity contribution is 5.86. The molecule has 2 aliphatic rings. The molecule has 1 unspecified atom stereocenters. The molecule has 0 aromatic rings. The van der Waals surface area contributed by atoms with Gasteiger partial charge in [-0.2, -0.15) is 0 Å². The molecule has 144 valence electrons. The summed E-state index contributed by atoms with van der Waals surface area (Å²) in [5.41, 5.74) is 5.76. The van der Waals surface area contributed by atoms with E-state index in [1.165, 1.54) is 6.42 Å². The molecule has 0 bridgehead atoms. The number of amides is 1. The molecule has 2 fully saturated rings. The van der Waals surface area contributed by atoms with E-state index in [1.807, 2.05) is 4.90 Å². The number of nitrogens with zero attached hydrogens (tertiary/aromatic N) is 2. The minimum atomic E-state index is -0.603. The number of halogens is 2. The van der Waals surface area contributed by atoms with Crippen molar-refractivity contribution in [1.29, 1.82) is 0 Å². The predicted molar refractivity (Wildman–Crippen MR) is 103 cm³/mol. The number of likely N-dealkylation sites (N-methyl/N-ethyl adjacent to an activating group) is 1. The molecule has 7 heteroatoms. The fraction of sp³-hybridized carbons (Fsp3) is 0.941. The van der Waals surface area contributed by atoms with Crippen molar-refractivity contribution >= 4 is 30.7 Å². The lowest BCUT2D eigenvalue weighted by Crippen LogP contribution is -2.55. The van der Waals surface area contributed by atoms with Crippen molar-refractivity contribution in [2.45, 2.75) is 64.0 Å². The molecule has 0 aromatic carbocycles. The van der Waals surface area contributed by atoms with Crippen LogP contribution in [0.15, 0.2) is 0 Å². The first-order chi connectivity index (χ1) is 10.6. The molecule has 24 heavy (non-hydrogen) atoms. The minimum absolute atomic E-state index is 0. The molecule has 1 saturated heterocycles. The third-order valence-electron chi connectivity index (χ3n) is 5.26. The van der Waals surface area contributed by atoms with Gasteiger partial charge in [0.05, 0.1) is 18.2 Å². The lowest BCUT2D eigenvalue weighted by Gasteiger charge is -2.35. The van der Waals surface area contributed by atoms with Gasteiger partial charge in [-0.3, -0.25) is 4.79 Å². The second kappa shape index (κ2) is 11.5.